The fourth-order valence-electron chi connectivity index (χ4n) is 2.34. The molecule has 1 saturated carbocycles. The number of rotatable bonds is 4. The number of anilines is 1. The Morgan fingerprint density at radius 1 is 1.58 bits per heavy atom. The van der Waals surface area contributed by atoms with Crippen LogP contribution in [0.25, 0.3) is 0 Å². The Morgan fingerprint density at radius 3 is 2.84 bits per heavy atom. The lowest BCUT2D eigenvalue weighted by molar-refractivity contribution is 0.0265. The molecule has 0 unspecified atom stereocenters. The van der Waals surface area contributed by atoms with Crippen LogP contribution in [0.3, 0.4) is 0 Å². The number of hydrogen-bond donors (Lipinski definition) is 3. The van der Waals surface area contributed by atoms with Gasteiger partial charge in [-0.3, -0.25) is 10.6 Å². The molecule has 0 radical (unpaired) electrons. The molecular weight excluding hydrogens is 266 g/mol. The molecule has 1 aromatic carbocycles. The number of carbonyl (C=O) groups excluding carboxylic acids is 1. The minimum absolute atomic E-state index is 0.128. The number of hydrazine groups is 1. The molecule has 1 aromatic rings. The molecule has 1 aliphatic carbocycles. The summed E-state index contributed by atoms with van der Waals surface area (Å²) in [6.45, 7) is 0.631. The smallest absolute Gasteiger partial charge is 0.255 e. The fourth-order valence-corrected chi connectivity index (χ4v) is 2.52. The van der Waals surface area contributed by atoms with E-state index >= 15 is 0 Å². The van der Waals surface area contributed by atoms with Gasteiger partial charge in [0.2, 0.25) is 0 Å². The van der Waals surface area contributed by atoms with Crippen molar-refractivity contribution in [2.45, 2.75) is 18.9 Å². The number of nitrogens with zero attached hydrogens (tertiary/aromatic N) is 1. The van der Waals surface area contributed by atoms with Crippen LogP contribution in [0, 0.1) is 5.92 Å². The highest BCUT2D eigenvalue weighted by atomic mass is 35.5. The quantitative estimate of drug-likeness (QED) is 0.577. The number of carbonyl (C=O) groups is 1. The Morgan fingerprint density at radius 2 is 2.26 bits per heavy atom. The largest absolute Gasteiger partial charge is 0.393 e. The summed E-state index contributed by atoms with van der Waals surface area (Å²) in [7, 11) is 1.74. The summed E-state index contributed by atoms with van der Waals surface area (Å²) in [5.74, 6) is 5.64. The van der Waals surface area contributed by atoms with E-state index in [1.54, 1.807) is 30.1 Å². The van der Waals surface area contributed by atoms with Gasteiger partial charge in [0, 0.05) is 18.6 Å². The van der Waals surface area contributed by atoms with Crippen LogP contribution < -0.4 is 11.3 Å². The summed E-state index contributed by atoms with van der Waals surface area (Å²) in [5.41, 5.74) is 3.51. The number of hydrogen-bond acceptors (Lipinski definition) is 4. The Kier molecular flexibility index (Phi) is 4.29. The van der Waals surface area contributed by atoms with Crippen LogP contribution in [0.15, 0.2) is 18.2 Å². The third-order valence-electron chi connectivity index (χ3n) is 3.46. The molecule has 0 bridgehead atoms. The van der Waals surface area contributed by atoms with Crippen LogP contribution in [0.5, 0.6) is 0 Å². The second kappa shape index (κ2) is 5.77. The summed E-state index contributed by atoms with van der Waals surface area (Å²) in [6, 6.07) is 4.96. The van der Waals surface area contributed by atoms with Crippen molar-refractivity contribution in [3.63, 3.8) is 0 Å². The third-order valence-corrected chi connectivity index (χ3v) is 3.69. The van der Waals surface area contributed by atoms with Gasteiger partial charge in [-0.1, -0.05) is 11.6 Å². The predicted octanol–water partition coefficient (Wildman–Crippen LogP) is 1.47. The van der Waals surface area contributed by atoms with Gasteiger partial charge in [0.15, 0.2) is 0 Å². The first kappa shape index (κ1) is 14.1. The first-order valence-corrected chi connectivity index (χ1v) is 6.58. The van der Waals surface area contributed by atoms with E-state index in [0.29, 0.717) is 28.7 Å². The van der Waals surface area contributed by atoms with Gasteiger partial charge in [-0.15, -0.1) is 0 Å². The molecule has 0 spiro atoms. The molecule has 1 amide bonds. The zero-order valence-corrected chi connectivity index (χ0v) is 11.5. The molecule has 1 fully saturated rings. The van der Waals surface area contributed by atoms with E-state index in [1.165, 1.54) is 0 Å². The topological polar surface area (TPSA) is 78.6 Å². The highest BCUT2D eigenvalue weighted by Crippen LogP contribution is 2.28. The van der Waals surface area contributed by atoms with Crippen molar-refractivity contribution in [1.29, 1.82) is 0 Å². The zero-order chi connectivity index (χ0) is 14.0. The second-order valence-corrected chi connectivity index (χ2v) is 5.45. The minimum atomic E-state index is -0.207. The van der Waals surface area contributed by atoms with E-state index < -0.39 is 0 Å². The van der Waals surface area contributed by atoms with Crippen molar-refractivity contribution >= 4 is 23.2 Å². The van der Waals surface area contributed by atoms with E-state index in [1.807, 2.05) is 0 Å². The Labute approximate surface area is 117 Å². The second-order valence-electron chi connectivity index (χ2n) is 5.01. The standard InChI is InChI=1S/C13H18ClN3O2/c1-17(7-8-4-10(18)5-8)13(19)11-6-9(14)2-3-12(11)16-15/h2-3,6,8,10,16,18H,4-5,7,15H2,1H3. The van der Waals surface area contributed by atoms with E-state index in [9.17, 15) is 9.90 Å². The number of nitrogens with two attached hydrogens (primary N) is 1. The van der Waals surface area contributed by atoms with Crippen LogP contribution in [0.4, 0.5) is 5.69 Å². The first-order chi connectivity index (χ1) is 9.01. The first-order valence-electron chi connectivity index (χ1n) is 6.21. The molecule has 6 heteroatoms. The highest BCUT2D eigenvalue weighted by molar-refractivity contribution is 6.31. The summed E-state index contributed by atoms with van der Waals surface area (Å²) in [6.07, 6.45) is 1.31. The number of nitrogen functional groups attached to an aromatic ring is 1. The van der Waals surface area contributed by atoms with Gasteiger partial charge < -0.3 is 15.4 Å². The van der Waals surface area contributed by atoms with Crippen LogP contribution in [-0.4, -0.2) is 35.6 Å². The molecule has 0 aromatic heterocycles. The maximum atomic E-state index is 12.3. The van der Waals surface area contributed by atoms with Crippen molar-refractivity contribution in [3.05, 3.63) is 28.8 Å². The highest BCUT2D eigenvalue weighted by Gasteiger charge is 2.29. The average Bonchev–Trinajstić information content (AvgIpc) is 2.35. The zero-order valence-electron chi connectivity index (χ0n) is 10.8. The molecular formula is C13H18ClN3O2. The lowest BCUT2D eigenvalue weighted by Crippen LogP contribution is -2.39. The molecule has 1 aliphatic rings. The number of amides is 1. The molecule has 5 nitrogen and oxygen atoms in total. The maximum Gasteiger partial charge on any atom is 0.255 e. The monoisotopic (exact) mass is 283 g/mol. The molecule has 0 atom stereocenters. The van der Waals surface area contributed by atoms with Crippen LogP contribution in [0.2, 0.25) is 5.02 Å². The van der Waals surface area contributed by atoms with Gasteiger partial charge in [0.1, 0.15) is 0 Å². The minimum Gasteiger partial charge on any atom is -0.393 e. The van der Waals surface area contributed by atoms with Crippen molar-refractivity contribution < 1.29 is 9.90 Å². The summed E-state index contributed by atoms with van der Waals surface area (Å²) >= 11 is 5.91. The third kappa shape index (κ3) is 3.18. The molecule has 2 rings (SSSR count). The number of aliphatic hydroxyl groups is 1. The lowest BCUT2D eigenvalue weighted by Gasteiger charge is -2.34. The number of nitrogens with one attached hydrogen (secondary N) is 1. The van der Waals surface area contributed by atoms with Crippen molar-refractivity contribution in [2.24, 2.45) is 11.8 Å². The van der Waals surface area contributed by atoms with Gasteiger partial charge in [-0.25, -0.2) is 0 Å². The summed E-state index contributed by atoms with van der Waals surface area (Å²) in [4.78, 5) is 14.0. The Balaban J connectivity index is 2.07. The molecule has 0 heterocycles. The summed E-state index contributed by atoms with van der Waals surface area (Å²) in [5, 5.41) is 9.75. The number of halogens is 1. The summed E-state index contributed by atoms with van der Waals surface area (Å²) < 4.78 is 0. The Bertz CT molecular complexity index is 475. The number of aliphatic hydroxyl groups excluding tert-OH is 1. The van der Waals surface area contributed by atoms with E-state index in [-0.39, 0.29) is 12.0 Å². The molecule has 0 aliphatic heterocycles. The number of benzene rings is 1. The molecule has 4 N–H and O–H groups in total. The van der Waals surface area contributed by atoms with E-state index in [2.05, 4.69) is 5.43 Å². The van der Waals surface area contributed by atoms with Crippen LogP contribution in [-0.2, 0) is 0 Å². The molecule has 0 saturated heterocycles. The lowest BCUT2D eigenvalue weighted by atomic mass is 9.82. The van der Waals surface area contributed by atoms with Crippen molar-refractivity contribution in [2.75, 3.05) is 19.0 Å². The van der Waals surface area contributed by atoms with E-state index in [0.717, 1.165) is 12.8 Å². The fraction of sp³-hybridized carbons (Fsp3) is 0.462. The predicted molar refractivity (Wildman–Crippen MR) is 75.0 cm³/mol. The molecule has 104 valence electrons. The van der Waals surface area contributed by atoms with E-state index in [4.69, 9.17) is 17.4 Å². The van der Waals surface area contributed by atoms with Gasteiger partial charge in [0.25, 0.3) is 5.91 Å². The van der Waals surface area contributed by atoms with Gasteiger partial charge >= 0.3 is 0 Å². The Hall–Kier alpha value is -1.30. The van der Waals surface area contributed by atoms with Crippen LogP contribution in [0.1, 0.15) is 23.2 Å². The van der Waals surface area contributed by atoms with Gasteiger partial charge in [-0.2, -0.15) is 0 Å². The SMILES string of the molecule is CN(CC1CC(O)C1)C(=O)c1cc(Cl)ccc1NN. The molecule has 19 heavy (non-hydrogen) atoms. The van der Waals surface area contributed by atoms with Gasteiger partial charge in [-0.05, 0) is 37.0 Å². The maximum absolute atomic E-state index is 12.3. The average molecular weight is 284 g/mol. The van der Waals surface area contributed by atoms with Crippen molar-refractivity contribution in [1.82, 2.24) is 4.90 Å². The van der Waals surface area contributed by atoms with Crippen LogP contribution >= 0.6 is 11.6 Å². The van der Waals surface area contributed by atoms with Gasteiger partial charge in [0.05, 0.1) is 17.4 Å². The van der Waals surface area contributed by atoms with Crippen molar-refractivity contribution in [3.8, 4) is 0 Å². The normalized spacial score (nSPS) is 21.7.